The van der Waals surface area contributed by atoms with E-state index >= 15 is 0 Å². The van der Waals surface area contributed by atoms with E-state index in [2.05, 4.69) is 55.4 Å². The van der Waals surface area contributed by atoms with Crippen LogP contribution in [0.2, 0.25) is 0 Å². The van der Waals surface area contributed by atoms with Crippen molar-refractivity contribution in [2.24, 2.45) is 23.7 Å². The van der Waals surface area contributed by atoms with E-state index in [0.29, 0.717) is 25.7 Å². The van der Waals surface area contributed by atoms with Gasteiger partial charge in [-0.1, -0.05) is 319 Å². The number of phosphoric ester groups is 2. The van der Waals surface area contributed by atoms with E-state index in [4.69, 9.17) is 37.0 Å². The van der Waals surface area contributed by atoms with Crippen LogP contribution in [-0.4, -0.2) is 96.7 Å². The van der Waals surface area contributed by atoms with Crippen molar-refractivity contribution in [3.05, 3.63) is 0 Å². The molecule has 0 heterocycles. The van der Waals surface area contributed by atoms with Gasteiger partial charge >= 0.3 is 39.5 Å². The minimum atomic E-state index is -4.96. The third kappa shape index (κ3) is 67.0. The summed E-state index contributed by atoms with van der Waals surface area (Å²) in [6.45, 7) is 14.2. The lowest BCUT2D eigenvalue weighted by atomic mass is 9.99. The summed E-state index contributed by atoms with van der Waals surface area (Å²) in [5.41, 5.74) is 0. The number of unbranched alkanes of at least 4 members (excludes halogenated alkanes) is 36. The third-order valence-corrected chi connectivity index (χ3v) is 19.3. The number of aliphatic hydroxyl groups is 1. The first-order valence-corrected chi connectivity index (χ1v) is 41.2. The van der Waals surface area contributed by atoms with Crippen LogP contribution in [-0.2, 0) is 65.4 Å². The highest BCUT2D eigenvalue weighted by Gasteiger charge is 2.30. The number of hydrogen-bond acceptors (Lipinski definition) is 15. The molecule has 93 heavy (non-hydrogen) atoms. The summed E-state index contributed by atoms with van der Waals surface area (Å²) in [5.74, 6) is 0.935. The average Bonchev–Trinajstić information content (AvgIpc) is 3.72. The van der Waals surface area contributed by atoms with Gasteiger partial charge in [-0.05, 0) is 49.4 Å². The van der Waals surface area contributed by atoms with Crippen molar-refractivity contribution in [1.29, 1.82) is 0 Å². The molecule has 6 atom stereocenters. The zero-order chi connectivity index (χ0) is 68.9. The molecule has 0 aliphatic carbocycles. The van der Waals surface area contributed by atoms with Crippen molar-refractivity contribution < 1.29 is 80.2 Å². The Morgan fingerprint density at radius 2 is 0.516 bits per heavy atom. The maximum atomic E-state index is 13.1. The van der Waals surface area contributed by atoms with E-state index in [9.17, 15) is 43.2 Å². The van der Waals surface area contributed by atoms with Crippen molar-refractivity contribution in [2.75, 3.05) is 39.6 Å². The Hall–Kier alpha value is -1.94. The number of phosphoric acid groups is 2. The zero-order valence-electron chi connectivity index (χ0n) is 60.9. The molecule has 0 aromatic rings. The molecule has 4 unspecified atom stereocenters. The van der Waals surface area contributed by atoms with Gasteiger partial charge < -0.3 is 33.8 Å². The first-order valence-electron chi connectivity index (χ1n) is 38.2. The Kier molecular flexibility index (Phi) is 62.2. The second-order valence-electron chi connectivity index (χ2n) is 28.4. The molecular formula is C74H144O17P2. The van der Waals surface area contributed by atoms with Gasteiger partial charge in [-0.3, -0.25) is 37.3 Å². The van der Waals surface area contributed by atoms with Crippen LogP contribution in [0.1, 0.15) is 370 Å². The van der Waals surface area contributed by atoms with Gasteiger partial charge in [0.1, 0.15) is 19.3 Å². The standard InChI is InChI=1S/C74H144O17P2/c1-9-67(8)53-45-37-29-20-15-16-21-30-38-46-54-71(76)84-60-69(90-73(78)56-48-40-32-22-14-12-10-11-13-18-26-34-42-50-64(2)3)62-88-92(80,81)86-58-68(75)59-87-93(82,83)89-63-70(61-85-72(77)55-47-39-31-25-24-28-36-44-52-66(6)7)91-74(79)57-49-41-33-23-17-19-27-35-43-51-65(4)5/h64-70,75H,9-63H2,1-8H3,(H,80,81)(H,82,83)/t67?,68?,69-,70-/m1/s1. The van der Waals surface area contributed by atoms with E-state index < -0.39 is 97.5 Å². The largest absolute Gasteiger partial charge is 0.472 e. The highest BCUT2D eigenvalue weighted by atomic mass is 31.2. The topological polar surface area (TPSA) is 237 Å². The molecule has 552 valence electrons. The Morgan fingerprint density at radius 3 is 0.763 bits per heavy atom. The highest BCUT2D eigenvalue weighted by molar-refractivity contribution is 7.47. The number of carbonyl (C=O) groups is 4. The van der Waals surface area contributed by atoms with Crippen LogP contribution < -0.4 is 0 Å². The van der Waals surface area contributed by atoms with Crippen LogP contribution in [0.3, 0.4) is 0 Å². The summed E-state index contributed by atoms with van der Waals surface area (Å²) in [6.07, 6.45) is 47.1. The van der Waals surface area contributed by atoms with Crippen molar-refractivity contribution in [2.45, 2.75) is 388 Å². The predicted molar refractivity (Wildman–Crippen MR) is 377 cm³/mol. The molecule has 0 radical (unpaired) electrons. The van der Waals surface area contributed by atoms with E-state index in [0.717, 1.165) is 114 Å². The minimum absolute atomic E-state index is 0.104. The van der Waals surface area contributed by atoms with E-state index in [1.54, 1.807) is 0 Å². The van der Waals surface area contributed by atoms with Gasteiger partial charge in [0.05, 0.1) is 26.4 Å². The molecule has 3 N–H and O–H groups in total. The molecule has 0 aliphatic heterocycles. The Bertz CT molecular complexity index is 1840. The highest BCUT2D eigenvalue weighted by Crippen LogP contribution is 2.45. The lowest BCUT2D eigenvalue weighted by Gasteiger charge is -2.21. The monoisotopic (exact) mass is 1370 g/mol. The molecule has 0 saturated heterocycles. The van der Waals surface area contributed by atoms with E-state index in [1.165, 1.54) is 173 Å². The van der Waals surface area contributed by atoms with Gasteiger partial charge in [0.2, 0.25) is 0 Å². The Balaban J connectivity index is 5.27. The fourth-order valence-electron chi connectivity index (χ4n) is 11.2. The van der Waals surface area contributed by atoms with Crippen LogP contribution in [0.25, 0.3) is 0 Å². The number of aliphatic hydroxyl groups excluding tert-OH is 1. The number of carbonyl (C=O) groups excluding carboxylic acids is 4. The molecule has 0 bridgehead atoms. The third-order valence-electron chi connectivity index (χ3n) is 17.4. The molecule has 0 aromatic carbocycles. The quantitative estimate of drug-likeness (QED) is 0.0222. The van der Waals surface area contributed by atoms with Gasteiger partial charge in [-0.15, -0.1) is 0 Å². The molecule has 0 amide bonds. The minimum Gasteiger partial charge on any atom is -0.462 e. The predicted octanol–water partition coefficient (Wildman–Crippen LogP) is 21.3. The van der Waals surface area contributed by atoms with Crippen LogP contribution in [0.5, 0.6) is 0 Å². The molecule has 0 spiro atoms. The molecule has 0 aromatic heterocycles. The fourth-order valence-corrected chi connectivity index (χ4v) is 12.7. The average molecular weight is 1370 g/mol. The SMILES string of the molecule is CCC(C)CCCCCCCCCCCCC(=O)OC[C@H](COP(=O)(O)OCC(O)COP(=O)(O)OC[C@@H](COC(=O)CCCCCCCCCCC(C)C)OC(=O)CCCCCCCCCCCC(C)C)OC(=O)CCCCCCCCCCCCCCCC(C)C. The molecule has 0 saturated carbocycles. The van der Waals surface area contributed by atoms with Gasteiger partial charge in [0, 0.05) is 25.7 Å². The molecule has 0 aliphatic rings. The molecule has 0 fully saturated rings. The van der Waals surface area contributed by atoms with Crippen LogP contribution in [0.4, 0.5) is 0 Å². The van der Waals surface area contributed by atoms with Crippen molar-refractivity contribution >= 4 is 39.5 Å². The van der Waals surface area contributed by atoms with Crippen molar-refractivity contribution in [1.82, 2.24) is 0 Å². The summed E-state index contributed by atoms with van der Waals surface area (Å²) in [7, 11) is -9.91. The van der Waals surface area contributed by atoms with E-state index in [1.807, 2.05) is 0 Å². The van der Waals surface area contributed by atoms with Crippen LogP contribution in [0.15, 0.2) is 0 Å². The van der Waals surface area contributed by atoms with Crippen molar-refractivity contribution in [3.8, 4) is 0 Å². The lowest BCUT2D eigenvalue weighted by molar-refractivity contribution is -0.161. The second kappa shape index (κ2) is 63.5. The number of ether oxygens (including phenoxy) is 4. The summed E-state index contributed by atoms with van der Waals surface area (Å²) < 4.78 is 68.5. The Labute approximate surface area is 568 Å². The molecular weight excluding hydrogens is 1220 g/mol. The lowest BCUT2D eigenvalue weighted by Crippen LogP contribution is -2.30. The van der Waals surface area contributed by atoms with Gasteiger partial charge in [-0.25, -0.2) is 9.13 Å². The maximum Gasteiger partial charge on any atom is 0.472 e. The van der Waals surface area contributed by atoms with Crippen LogP contribution in [0, 0.1) is 23.7 Å². The summed E-state index contributed by atoms with van der Waals surface area (Å²) in [5, 5.41) is 10.6. The smallest absolute Gasteiger partial charge is 0.462 e. The second-order valence-corrected chi connectivity index (χ2v) is 31.3. The zero-order valence-corrected chi connectivity index (χ0v) is 62.7. The number of hydrogen-bond donors (Lipinski definition) is 3. The van der Waals surface area contributed by atoms with Gasteiger partial charge in [-0.2, -0.15) is 0 Å². The maximum absolute atomic E-state index is 13.1. The van der Waals surface area contributed by atoms with Crippen molar-refractivity contribution in [3.63, 3.8) is 0 Å². The van der Waals surface area contributed by atoms with Gasteiger partial charge in [0.25, 0.3) is 0 Å². The van der Waals surface area contributed by atoms with Crippen LogP contribution >= 0.6 is 15.6 Å². The van der Waals surface area contributed by atoms with Gasteiger partial charge in [0.15, 0.2) is 12.2 Å². The summed E-state index contributed by atoms with van der Waals surface area (Å²) in [6, 6.07) is 0. The molecule has 19 heteroatoms. The fraction of sp³-hybridized carbons (Fsp3) is 0.946. The Morgan fingerprint density at radius 1 is 0.301 bits per heavy atom. The number of rotatable bonds is 71. The molecule has 0 rings (SSSR count). The summed E-state index contributed by atoms with van der Waals surface area (Å²) >= 11 is 0. The first-order chi connectivity index (χ1) is 44.6. The first kappa shape index (κ1) is 91.1. The normalized spacial score (nSPS) is 14.5. The molecule has 17 nitrogen and oxygen atoms in total. The van der Waals surface area contributed by atoms with E-state index in [-0.39, 0.29) is 25.7 Å². The summed E-state index contributed by atoms with van der Waals surface area (Å²) in [4.78, 5) is 72.7. The number of esters is 4.